The lowest BCUT2D eigenvalue weighted by molar-refractivity contribution is 0.0622. The highest BCUT2D eigenvalue weighted by Gasteiger charge is 2.35. The fourth-order valence-electron chi connectivity index (χ4n) is 3.64. The minimum Gasteiger partial charge on any atom is -0.508 e. The predicted molar refractivity (Wildman–Crippen MR) is 99.1 cm³/mol. The molecule has 3 aliphatic heterocycles. The number of piperidine rings is 3. The van der Waals surface area contributed by atoms with Gasteiger partial charge in [-0.1, -0.05) is 12.1 Å². The number of amides is 1. The monoisotopic (exact) mass is 364 g/mol. The molecule has 4 nitrogen and oxygen atoms in total. The number of halogens is 1. The number of rotatable bonds is 3. The minimum absolute atomic E-state index is 0. The van der Waals surface area contributed by atoms with Crippen LogP contribution in [0.3, 0.4) is 0 Å². The van der Waals surface area contributed by atoms with E-state index < -0.39 is 0 Å². The highest BCUT2D eigenvalue weighted by atomic mass is 35.5. The second-order valence-electron chi connectivity index (χ2n) is 6.43. The molecule has 24 heavy (non-hydrogen) atoms. The Labute approximate surface area is 151 Å². The summed E-state index contributed by atoms with van der Waals surface area (Å²) in [5.41, 5.74) is 0.942. The van der Waals surface area contributed by atoms with Crippen LogP contribution < -0.4 is 5.32 Å². The summed E-state index contributed by atoms with van der Waals surface area (Å²) < 4.78 is 0. The topological polar surface area (TPSA) is 52.6 Å². The summed E-state index contributed by atoms with van der Waals surface area (Å²) in [6.07, 6.45) is 2.40. The molecule has 5 rings (SSSR count). The van der Waals surface area contributed by atoms with E-state index in [2.05, 4.69) is 10.2 Å². The van der Waals surface area contributed by atoms with Crippen molar-refractivity contribution in [2.45, 2.75) is 18.9 Å². The number of thiophene rings is 1. The van der Waals surface area contributed by atoms with Crippen molar-refractivity contribution in [1.82, 2.24) is 10.2 Å². The van der Waals surface area contributed by atoms with Gasteiger partial charge in [0.15, 0.2) is 0 Å². The Balaban J connectivity index is 0.00000169. The Morgan fingerprint density at radius 2 is 2.00 bits per heavy atom. The van der Waals surface area contributed by atoms with Gasteiger partial charge in [0.2, 0.25) is 0 Å². The number of phenolic OH excluding ortho intramolecular Hbond substituents is 1. The van der Waals surface area contributed by atoms with E-state index in [1.54, 1.807) is 12.1 Å². The van der Waals surface area contributed by atoms with Crippen molar-refractivity contribution >= 4 is 29.7 Å². The molecule has 128 valence electrons. The van der Waals surface area contributed by atoms with Gasteiger partial charge in [-0.3, -0.25) is 4.79 Å². The SMILES string of the molecule is Cl.O=C(N[C@H]1CN2CCC1CC2)c1ccc(-c2cccc(O)c2)s1. The molecule has 0 radical (unpaired) electrons. The second kappa shape index (κ2) is 7.13. The molecule has 0 aliphatic carbocycles. The predicted octanol–water partition coefficient (Wildman–Crippen LogP) is 3.37. The number of benzene rings is 1. The van der Waals surface area contributed by atoms with E-state index in [-0.39, 0.29) is 30.1 Å². The van der Waals surface area contributed by atoms with Crippen LogP contribution in [0.25, 0.3) is 10.4 Å². The lowest BCUT2D eigenvalue weighted by Crippen LogP contribution is -2.57. The Kier molecular flexibility index (Phi) is 5.13. The van der Waals surface area contributed by atoms with Gasteiger partial charge in [0.1, 0.15) is 5.75 Å². The molecule has 1 aromatic heterocycles. The largest absolute Gasteiger partial charge is 0.508 e. The van der Waals surface area contributed by atoms with Crippen LogP contribution >= 0.6 is 23.7 Å². The smallest absolute Gasteiger partial charge is 0.261 e. The molecular formula is C18H21ClN2O2S. The molecule has 0 spiro atoms. The first-order valence-electron chi connectivity index (χ1n) is 8.11. The number of carbonyl (C=O) groups excluding carboxylic acids is 1. The number of hydrogen-bond acceptors (Lipinski definition) is 4. The van der Waals surface area contributed by atoms with Crippen LogP contribution in [-0.2, 0) is 0 Å². The van der Waals surface area contributed by atoms with Crippen LogP contribution in [0.5, 0.6) is 5.75 Å². The summed E-state index contributed by atoms with van der Waals surface area (Å²) in [6.45, 7) is 3.34. The van der Waals surface area contributed by atoms with Gasteiger partial charge in [-0.2, -0.15) is 0 Å². The third-order valence-corrected chi connectivity index (χ3v) is 6.07. The van der Waals surface area contributed by atoms with E-state index in [9.17, 15) is 9.90 Å². The molecule has 1 amide bonds. The van der Waals surface area contributed by atoms with Crippen LogP contribution in [0.4, 0.5) is 0 Å². The van der Waals surface area contributed by atoms with E-state index in [4.69, 9.17) is 0 Å². The van der Waals surface area contributed by atoms with Crippen LogP contribution in [-0.4, -0.2) is 41.6 Å². The third-order valence-electron chi connectivity index (χ3n) is 4.93. The third kappa shape index (κ3) is 3.43. The summed E-state index contributed by atoms with van der Waals surface area (Å²) in [6, 6.07) is 11.2. The van der Waals surface area contributed by atoms with Gasteiger partial charge in [0, 0.05) is 17.5 Å². The maximum Gasteiger partial charge on any atom is 0.261 e. The average Bonchev–Trinajstić information content (AvgIpc) is 3.06. The first-order valence-corrected chi connectivity index (χ1v) is 8.93. The summed E-state index contributed by atoms with van der Waals surface area (Å²) >= 11 is 1.47. The Morgan fingerprint density at radius 1 is 1.21 bits per heavy atom. The number of nitrogens with zero attached hydrogens (tertiary/aromatic N) is 1. The lowest BCUT2D eigenvalue weighted by atomic mass is 9.84. The fourth-order valence-corrected chi connectivity index (χ4v) is 4.55. The normalized spacial score (nSPS) is 25.1. The Morgan fingerprint density at radius 3 is 2.67 bits per heavy atom. The van der Waals surface area contributed by atoms with E-state index >= 15 is 0 Å². The average molecular weight is 365 g/mol. The molecule has 4 heterocycles. The van der Waals surface area contributed by atoms with Gasteiger partial charge < -0.3 is 15.3 Å². The second-order valence-corrected chi connectivity index (χ2v) is 7.52. The number of phenols is 1. The molecule has 0 unspecified atom stereocenters. The van der Waals surface area contributed by atoms with Crippen molar-refractivity contribution in [2.24, 2.45) is 5.92 Å². The van der Waals surface area contributed by atoms with Gasteiger partial charge >= 0.3 is 0 Å². The van der Waals surface area contributed by atoms with Gasteiger partial charge in [0.25, 0.3) is 5.91 Å². The van der Waals surface area contributed by atoms with Crippen LogP contribution in [0.2, 0.25) is 0 Å². The van der Waals surface area contributed by atoms with Gasteiger partial charge in [-0.05, 0) is 61.7 Å². The summed E-state index contributed by atoms with van der Waals surface area (Å²) in [7, 11) is 0. The molecule has 2 bridgehead atoms. The van der Waals surface area contributed by atoms with Crippen LogP contribution in [0.1, 0.15) is 22.5 Å². The van der Waals surface area contributed by atoms with Gasteiger partial charge in [-0.25, -0.2) is 0 Å². The zero-order valence-electron chi connectivity index (χ0n) is 13.3. The number of fused-ring (bicyclic) bond motifs is 3. The van der Waals surface area contributed by atoms with Crippen LogP contribution in [0.15, 0.2) is 36.4 Å². The molecule has 3 fully saturated rings. The maximum absolute atomic E-state index is 12.5. The fraction of sp³-hybridized carbons (Fsp3) is 0.389. The zero-order valence-corrected chi connectivity index (χ0v) is 14.9. The molecule has 3 aliphatic rings. The molecule has 2 N–H and O–H groups in total. The van der Waals surface area contributed by atoms with Crippen molar-refractivity contribution < 1.29 is 9.90 Å². The van der Waals surface area contributed by atoms with E-state index in [0.717, 1.165) is 21.9 Å². The lowest BCUT2D eigenvalue weighted by Gasteiger charge is -2.44. The Hall–Kier alpha value is -1.56. The van der Waals surface area contributed by atoms with Gasteiger partial charge in [-0.15, -0.1) is 23.7 Å². The highest BCUT2D eigenvalue weighted by Crippen LogP contribution is 2.31. The maximum atomic E-state index is 12.5. The number of hydrogen-bond donors (Lipinski definition) is 2. The molecule has 1 aromatic carbocycles. The summed E-state index contributed by atoms with van der Waals surface area (Å²) in [4.78, 5) is 16.7. The number of carbonyl (C=O) groups is 1. The minimum atomic E-state index is 0. The van der Waals surface area contributed by atoms with E-state index in [1.807, 2.05) is 24.3 Å². The first kappa shape index (κ1) is 17.3. The Bertz CT molecular complexity index is 725. The molecule has 0 saturated carbocycles. The van der Waals surface area contributed by atoms with Crippen molar-refractivity contribution in [3.05, 3.63) is 41.3 Å². The van der Waals surface area contributed by atoms with Crippen LogP contribution in [0, 0.1) is 5.92 Å². The standard InChI is InChI=1S/C18H20N2O2S.ClH/c21-14-3-1-2-13(10-14)16-4-5-17(23-16)18(22)19-15-11-20-8-6-12(15)7-9-20;/h1-5,10,12,15,21H,6-9,11H2,(H,19,22);1H/t15-;/m0./s1. The quantitative estimate of drug-likeness (QED) is 0.878. The van der Waals surface area contributed by atoms with Crippen molar-refractivity contribution in [3.63, 3.8) is 0 Å². The molecule has 2 aromatic rings. The van der Waals surface area contributed by atoms with Crippen molar-refractivity contribution in [2.75, 3.05) is 19.6 Å². The molecule has 3 saturated heterocycles. The zero-order chi connectivity index (χ0) is 15.8. The molecule has 6 heteroatoms. The first-order chi connectivity index (χ1) is 11.2. The highest BCUT2D eigenvalue weighted by molar-refractivity contribution is 7.17. The number of aromatic hydroxyl groups is 1. The number of nitrogens with one attached hydrogen (secondary N) is 1. The molecule has 1 atom stereocenters. The van der Waals surface area contributed by atoms with E-state index in [0.29, 0.717) is 5.92 Å². The molecular weight excluding hydrogens is 344 g/mol. The van der Waals surface area contributed by atoms with Gasteiger partial charge in [0.05, 0.1) is 4.88 Å². The van der Waals surface area contributed by atoms with Crippen molar-refractivity contribution in [3.8, 4) is 16.2 Å². The van der Waals surface area contributed by atoms with Crippen molar-refractivity contribution in [1.29, 1.82) is 0 Å². The van der Waals surface area contributed by atoms with E-state index in [1.165, 1.54) is 37.3 Å². The summed E-state index contributed by atoms with van der Waals surface area (Å²) in [5.74, 6) is 0.906. The summed E-state index contributed by atoms with van der Waals surface area (Å²) in [5, 5.41) is 12.8.